The lowest BCUT2D eigenvalue weighted by Gasteiger charge is -2.23. The highest BCUT2D eigenvalue weighted by atomic mass is 16.7. The molecule has 1 aliphatic heterocycles. The summed E-state index contributed by atoms with van der Waals surface area (Å²) in [5, 5.41) is 5.94. The summed E-state index contributed by atoms with van der Waals surface area (Å²) in [6.07, 6.45) is -0.774. The fraction of sp³-hybridized carbons (Fsp3) is 0.333. The maximum absolute atomic E-state index is 13.2. The molecule has 0 aliphatic carbocycles. The summed E-state index contributed by atoms with van der Waals surface area (Å²) in [5.74, 6) is 0.624. The van der Waals surface area contributed by atoms with Crippen molar-refractivity contribution >= 4 is 11.8 Å². The Morgan fingerprint density at radius 1 is 0.667 bits per heavy atom. The van der Waals surface area contributed by atoms with Crippen molar-refractivity contribution in [3.05, 3.63) is 94.5 Å². The van der Waals surface area contributed by atoms with E-state index in [4.69, 9.17) is 9.47 Å². The van der Waals surface area contributed by atoms with Gasteiger partial charge in [-0.2, -0.15) is 0 Å². The molecule has 1 aliphatic rings. The molecule has 0 saturated carbocycles. The van der Waals surface area contributed by atoms with Crippen LogP contribution in [0.15, 0.2) is 66.7 Å². The van der Waals surface area contributed by atoms with Crippen LogP contribution in [0.2, 0.25) is 0 Å². The Hall–Kier alpha value is -3.80. The van der Waals surface area contributed by atoms with Gasteiger partial charge in [0.25, 0.3) is 11.8 Å². The van der Waals surface area contributed by atoms with E-state index in [9.17, 15) is 9.59 Å². The quantitative estimate of drug-likeness (QED) is 0.442. The number of hydrogen-bond donors (Lipinski definition) is 2. The first kappa shape index (κ1) is 25.3. The molecule has 0 saturated heterocycles. The van der Waals surface area contributed by atoms with Gasteiger partial charge < -0.3 is 20.1 Å². The number of fused-ring (bicyclic) bond motifs is 1. The van der Waals surface area contributed by atoms with E-state index in [1.165, 1.54) is 0 Å². The Balaban J connectivity index is 1.58. The van der Waals surface area contributed by atoms with Crippen molar-refractivity contribution in [2.45, 2.75) is 58.5 Å². The van der Waals surface area contributed by atoms with Gasteiger partial charge in [0.1, 0.15) is 6.17 Å². The lowest BCUT2D eigenvalue weighted by atomic mass is 9.86. The Bertz CT molecular complexity index is 1180. The Labute approximate surface area is 213 Å². The number of carbonyl (C=O) groups excluding carboxylic acids is 2. The van der Waals surface area contributed by atoms with E-state index >= 15 is 0 Å². The highest BCUT2D eigenvalue weighted by molar-refractivity contribution is 5.97. The van der Waals surface area contributed by atoms with Crippen molar-refractivity contribution < 1.29 is 19.1 Å². The zero-order chi connectivity index (χ0) is 26.1. The van der Waals surface area contributed by atoms with Crippen molar-refractivity contribution in [2.75, 3.05) is 6.79 Å². The largest absolute Gasteiger partial charge is 0.454 e. The fourth-order valence-electron chi connectivity index (χ4n) is 3.97. The number of nitrogens with one attached hydrogen (secondary N) is 2. The predicted molar refractivity (Wildman–Crippen MR) is 141 cm³/mol. The second-order valence-corrected chi connectivity index (χ2v) is 11.1. The number of carbonyl (C=O) groups is 2. The van der Waals surface area contributed by atoms with E-state index in [1.54, 1.807) is 36.4 Å². The van der Waals surface area contributed by atoms with Gasteiger partial charge in [0, 0.05) is 11.1 Å². The minimum atomic E-state index is -0.774. The van der Waals surface area contributed by atoms with Crippen LogP contribution in [0.5, 0.6) is 11.5 Å². The maximum Gasteiger partial charge on any atom is 0.253 e. The molecule has 6 nitrogen and oxygen atoms in total. The van der Waals surface area contributed by atoms with Crippen LogP contribution in [0, 0.1) is 0 Å². The summed E-state index contributed by atoms with van der Waals surface area (Å²) in [4.78, 5) is 26.4. The van der Waals surface area contributed by atoms with Gasteiger partial charge in [-0.15, -0.1) is 0 Å². The number of amides is 2. The molecule has 0 atom stereocenters. The van der Waals surface area contributed by atoms with Crippen LogP contribution in [0.1, 0.15) is 85.1 Å². The van der Waals surface area contributed by atoms with Crippen molar-refractivity contribution in [2.24, 2.45) is 0 Å². The highest BCUT2D eigenvalue weighted by Gasteiger charge is 2.23. The summed E-state index contributed by atoms with van der Waals surface area (Å²) in [6.45, 7) is 12.9. The average molecular weight is 487 g/mol. The number of hydrogen-bond acceptors (Lipinski definition) is 4. The molecule has 2 amide bonds. The van der Waals surface area contributed by atoms with Crippen LogP contribution in [0.4, 0.5) is 0 Å². The first-order chi connectivity index (χ1) is 16.9. The van der Waals surface area contributed by atoms with E-state index in [0.717, 1.165) is 11.1 Å². The van der Waals surface area contributed by atoms with Gasteiger partial charge in [-0.25, -0.2) is 0 Å². The van der Waals surface area contributed by atoms with E-state index in [0.29, 0.717) is 28.2 Å². The Kier molecular flexibility index (Phi) is 6.81. The molecule has 1 heterocycles. The molecular weight excluding hydrogens is 452 g/mol. The molecule has 0 unspecified atom stereocenters. The molecule has 3 aromatic rings. The maximum atomic E-state index is 13.2. The van der Waals surface area contributed by atoms with Crippen molar-refractivity contribution in [1.29, 1.82) is 0 Å². The van der Waals surface area contributed by atoms with Crippen molar-refractivity contribution in [3.8, 4) is 11.5 Å². The van der Waals surface area contributed by atoms with E-state index in [-0.39, 0.29) is 29.4 Å². The van der Waals surface area contributed by atoms with Crippen molar-refractivity contribution in [3.63, 3.8) is 0 Å². The molecule has 188 valence electrons. The van der Waals surface area contributed by atoms with Crippen LogP contribution in [0.25, 0.3) is 0 Å². The minimum Gasteiger partial charge on any atom is -0.454 e. The smallest absolute Gasteiger partial charge is 0.253 e. The standard InChI is InChI=1S/C30H34N2O4/c1-29(2,3)22-12-7-19(8-13-22)27(33)31-26(21-11-16-24-25(17-21)36-18-35-24)32-28(34)20-9-14-23(15-10-20)30(4,5)6/h7-17,26H,18H2,1-6H3,(H,31,33)(H,32,34). The van der Waals surface area contributed by atoms with Gasteiger partial charge in [-0.05, 0) is 63.9 Å². The average Bonchev–Trinajstić information content (AvgIpc) is 3.30. The molecule has 4 rings (SSSR count). The zero-order valence-corrected chi connectivity index (χ0v) is 21.8. The van der Waals surface area contributed by atoms with Gasteiger partial charge in [-0.3, -0.25) is 9.59 Å². The van der Waals surface area contributed by atoms with Crippen LogP contribution >= 0.6 is 0 Å². The van der Waals surface area contributed by atoms with Crippen molar-refractivity contribution in [1.82, 2.24) is 10.6 Å². The summed E-state index contributed by atoms with van der Waals surface area (Å²) >= 11 is 0. The second-order valence-electron chi connectivity index (χ2n) is 11.1. The first-order valence-corrected chi connectivity index (χ1v) is 12.1. The lowest BCUT2D eigenvalue weighted by Crippen LogP contribution is -2.41. The third-order valence-corrected chi connectivity index (χ3v) is 6.31. The number of ether oxygens (including phenoxy) is 2. The molecule has 36 heavy (non-hydrogen) atoms. The van der Waals surface area contributed by atoms with E-state index in [2.05, 4.69) is 52.2 Å². The van der Waals surface area contributed by atoms with Gasteiger partial charge in [0.05, 0.1) is 0 Å². The zero-order valence-electron chi connectivity index (χ0n) is 21.8. The van der Waals surface area contributed by atoms with Crippen LogP contribution in [-0.2, 0) is 10.8 Å². The van der Waals surface area contributed by atoms with E-state index < -0.39 is 6.17 Å². The highest BCUT2D eigenvalue weighted by Crippen LogP contribution is 2.34. The van der Waals surface area contributed by atoms with Gasteiger partial charge in [0.2, 0.25) is 6.79 Å². The molecule has 0 spiro atoms. The van der Waals surface area contributed by atoms with Crippen LogP contribution in [0.3, 0.4) is 0 Å². The molecule has 0 aromatic heterocycles. The summed E-state index contributed by atoms with van der Waals surface area (Å²) < 4.78 is 10.9. The van der Waals surface area contributed by atoms with Gasteiger partial charge in [-0.1, -0.05) is 71.9 Å². The minimum absolute atomic E-state index is 0.0134. The summed E-state index contributed by atoms with van der Waals surface area (Å²) in [5.41, 5.74) is 3.95. The predicted octanol–water partition coefficient (Wildman–Crippen LogP) is 5.87. The third kappa shape index (κ3) is 5.70. The van der Waals surface area contributed by atoms with E-state index in [1.807, 2.05) is 30.3 Å². The number of rotatable bonds is 5. The molecule has 2 N–H and O–H groups in total. The van der Waals surface area contributed by atoms with Crippen LogP contribution < -0.4 is 20.1 Å². The first-order valence-electron chi connectivity index (χ1n) is 12.1. The summed E-state index contributed by atoms with van der Waals surface area (Å²) in [7, 11) is 0. The van der Waals surface area contributed by atoms with Gasteiger partial charge in [0.15, 0.2) is 11.5 Å². The molecule has 6 heteroatoms. The summed E-state index contributed by atoms with van der Waals surface area (Å²) in [6, 6.07) is 20.4. The Morgan fingerprint density at radius 3 is 1.56 bits per heavy atom. The molecule has 0 bridgehead atoms. The number of benzene rings is 3. The lowest BCUT2D eigenvalue weighted by molar-refractivity contribution is 0.0883. The Morgan fingerprint density at radius 2 is 1.11 bits per heavy atom. The van der Waals surface area contributed by atoms with Gasteiger partial charge >= 0.3 is 0 Å². The second kappa shape index (κ2) is 9.69. The molecule has 0 radical (unpaired) electrons. The fourth-order valence-corrected chi connectivity index (χ4v) is 3.97. The third-order valence-electron chi connectivity index (χ3n) is 6.31. The monoisotopic (exact) mass is 486 g/mol. The molecule has 3 aromatic carbocycles. The topological polar surface area (TPSA) is 76.7 Å². The molecule has 0 fully saturated rings. The SMILES string of the molecule is CC(C)(C)c1ccc(C(=O)NC(NC(=O)c2ccc(C(C)(C)C)cc2)c2ccc3c(c2)OCO3)cc1. The van der Waals surface area contributed by atoms with Crippen LogP contribution in [-0.4, -0.2) is 18.6 Å². The normalized spacial score (nSPS) is 13.0. The molecular formula is C30H34N2O4.